The highest BCUT2D eigenvalue weighted by Gasteiger charge is 2.37. The Balaban J connectivity index is 5.65. The van der Waals surface area contributed by atoms with Gasteiger partial charge in [0.1, 0.15) is 11.5 Å². The fraction of sp³-hybridized carbons (Fsp3) is 0.958. The molecular weight excluding hydrogens is 416 g/mol. The first-order valence-electron chi connectivity index (χ1n) is 12.2. The molecule has 0 rings (SSSR count). The number of aliphatic hydroxyl groups excluding tert-OH is 1. The standard InChI is InChI=1S/C24H48O6S/c1-7-11-14-27-18-21(19(5)30-20(6)25)24(29-16-13-9-3)22(28-15-12-8-2)17-23(26)31-10-4/h19,21-24,26H,7-18H2,1-6H3. The van der Waals surface area contributed by atoms with E-state index in [-0.39, 0.29) is 30.2 Å². The zero-order valence-corrected chi connectivity index (χ0v) is 21.6. The lowest BCUT2D eigenvalue weighted by Crippen LogP contribution is -2.47. The molecule has 0 aromatic rings. The van der Waals surface area contributed by atoms with E-state index in [0.29, 0.717) is 32.8 Å². The smallest absolute Gasteiger partial charge is 0.302 e. The predicted molar refractivity (Wildman–Crippen MR) is 128 cm³/mol. The number of aliphatic hydroxyl groups is 1. The minimum atomic E-state index is -0.528. The zero-order chi connectivity index (χ0) is 23.5. The minimum absolute atomic E-state index is 0.178. The largest absolute Gasteiger partial charge is 0.462 e. The highest BCUT2D eigenvalue weighted by atomic mass is 32.2. The maximum atomic E-state index is 11.7. The molecule has 0 aromatic heterocycles. The molecule has 0 bridgehead atoms. The Hall–Kier alpha value is -0.340. The van der Waals surface area contributed by atoms with Crippen LogP contribution in [0.15, 0.2) is 0 Å². The third-order valence-corrected chi connectivity index (χ3v) is 6.04. The maximum Gasteiger partial charge on any atom is 0.302 e. The topological polar surface area (TPSA) is 74.2 Å². The van der Waals surface area contributed by atoms with Crippen LogP contribution in [0, 0.1) is 5.92 Å². The van der Waals surface area contributed by atoms with E-state index in [0.717, 1.165) is 44.3 Å². The monoisotopic (exact) mass is 464 g/mol. The van der Waals surface area contributed by atoms with Gasteiger partial charge in [-0.15, -0.1) is 11.8 Å². The third kappa shape index (κ3) is 15.2. The molecule has 31 heavy (non-hydrogen) atoms. The van der Waals surface area contributed by atoms with Crippen molar-refractivity contribution >= 4 is 17.7 Å². The summed E-state index contributed by atoms with van der Waals surface area (Å²) < 4.78 is 24.1. The lowest BCUT2D eigenvalue weighted by atomic mass is 9.91. The molecule has 0 aliphatic heterocycles. The summed E-state index contributed by atoms with van der Waals surface area (Å²) >= 11 is 1.50. The van der Waals surface area contributed by atoms with Gasteiger partial charge < -0.3 is 24.1 Å². The van der Waals surface area contributed by atoms with Crippen LogP contribution in [0.5, 0.6) is 0 Å². The molecule has 5 atom stereocenters. The Morgan fingerprint density at radius 2 is 1.52 bits per heavy atom. The Labute approximate surface area is 195 Å². The number of esters is 1. The molecule has 5 unspecified atom stereocenters. The van der Waals surface area contributed by atoms with Crippen molar-refractivity contribution in [2.45, 2.75) is 110 Å². The van der Waals surface area contributed by atoms with Crippen molar-refractivity contribution in [1.82, 2.24) is 0 Å². The van der Waals surface area contributed by atoms with Crippen LogP contribution in [-0.2, 0) is 23.7 Å². The van der Waals surface area contributed by atoms with E-state index in [1.54, 1.807) is 0 Å². The molecule has 186 valence electrons. The molecular formula is C24H48O6S. The molecule has 7 heteroatoms. The summed E-state index contributed by atoms with van der Waals surface area (Å²) in [6.45, 7) is 14.0. The number of carbonyl (C=O) groups is 1. The average molecular weight is 465 g/mol. The van der Waals surface area contributed by atoms with Crippen molar-refractivity contribution < 1.29 is 28.8 Å². The second-order valence-corrected chi connectivity index (χ2v) is 9.46. The van der Waals surface area contributed by atoms with Crippen LogP contribution in [0.1, 0.15) is 86.5 Å². The van der Waals surface area contributed by atoms with Gasteiger partial charge in [-0.2, -0.15) is 0 Å². The summed E-state index contributed by atoms with van der Waals surface area (Å²) in [7, 11) is 0. The van der Waals surface area contributed by atoms with Crippen molar-refractivity contribution in [3.63, 3.8) is 0 Å². The third-order valence-electron chi connectivity index (χ3n) is 5.13. The van der Waals surface area contributed by atoms with Gasteiger partial charge in [-0.3, -0.25) is 4.79 Å². The molecule has 0 aliphatic carbocycles. The van der Waals surface area contributed by atoms with E-state index in [2.05, 4.69) is 20.8 Å². The van der Waals surface area contributed by atoms with Crippen LogP contribution in [0.2, 0.25) is 0 Å². The van der Waals surface area contributed by atoms with Crippen molar-refractivity contribution in [1.29, 1.82) is 0 Å². The van der Waals surface area contributed by atoms with Crippen molar-refractivity contribution in [2.75, 3.05) is 32.2 Å². The molecule has 0 saturated carbocycles. The van der Waals surface area contributed by atoms with E-state index < -0.39 is 5.44 Å². The van der Waals surface area contributed by atoms with Crippen LogP contribution >= 0.6 is 11.8 Å². The van der Waals surface area contributed by atoms with Crippen LogP contribution in [0.3, 0.4) is 0 Å². The van der Waals surface area contributed by atoms with Crippen LogP contribution in [0.4, 0.5) is 0 Å². The van der Waals surface area contributed by atoms with Gasteiger partial charge in [0.2, 0.25) is 0 Å². The van der Waals surface area contributed by atoms with Crippen molar-refractivity contribution in [3.05, 3.63) is 0 Å². The molecule has 0 radical (unpaired) electrons. The van der Waals surface area contributed by atoms with Gasteiger partial charge in [-0.1, -0.05) is 47.0 Å². The minimum Gasteiger partial charge on any atom is -0.462 e. The number of hydrogen-bond acceptors (Lipinski definition) is 7. The number of thioether (sulfide) groups is 1. The van der Waals surface area contributed by atoms with Crippen LogP contribution < -0.4 is 0 Å². The first-order chi connectivity index (χ1) is 14.9. The summed E-state index contributed by atoms with van der Waals surface area (Å²) in [5.41, 5.74) is -0.528. The van der Waals surface area contributed by atoms with Gasteiger partial charge in [0.15, 0.2) is 0 Å². The number of rotatable bonds is 21. The van der Waals surface area contributed by atoms with Gasteiger partial charge in [-0.25, -0.2) is 0 Å². The number of carbonyl (C=O) groups excluding carboxylic acids is 1. The van der Waals surface area contributed by atoms with Gasteiger partial charge >= 0.3 is 5.97 Å². The second kappa shape index (κ2) is 20.3. The van der Waals surface area contributed by atoms with Gasteiger partial charge in [0, 0.05) is 39.1 Å². The fourth-order valence-corrected chi connectivity index (χ4v) is 4.03. The number of ether oxygens (including phenoxy) is 4. The van der Waals surface area contributed by atoms with E-state index in [1.165, 1.54) is 18.7 Å². The summed E-state index contributed by atoms with van der Waals surface area (Å²) in [6.07, 6.45) is 5.47. The lowest BCUT2D eigenvalue weighted by molar-refractivity contribution is -0.165. The van der Waals surface area contributed by atoms with E-state index in [1.807, 2.05) is 13.8 Å². The van der Waals surface area contributed by atoms with Gasteiger partial charge in [-0.05, 0) is 31.9 Å². The van der Waals surface area contributed by atoms with E-state index in [9.17, 15) is 9.90 Å². The molecule has 0 amide bonds. The fourth-order valence-electron chi connectivity index (χ4n) is 3.32. The number of hydrogen-bond donors (Lipinski definition) is 1. The zero-order valence-electron chi connectivity index (χ0n) is 20.8. The molecule has 0 fully saturated rings. The summed E-state index contributed by atoms with van der Waals surface area (Å²) in [6, 6.07) is 0. The van der Waals surface area contributed by atoms with Crippen LogP contribution in [-0.4, -0.2) is 67.0 Å². The SMILES string of the molecule is CCCCOCC(C(C)OC(C)=O)C(OCCCC)C(CC(O)SCC)OCCCC. The molecule has 0 aromatic carbocycles. The second-order valence-electron chi connectivity index (χ2n) is 8.00. The Bertz CT molecular complexity index is 423. The van der Waals surface area contributed by atoms with Gasteiger partial charge in [0.25, 0.3) is 0 Å². The van der Waals surface area contributed by atoms with Gasteiger partial charge in [0.05, 0.1) is 18.8 Å². The van der Waals surface area contributed by atoms with Crippen molar-refractivity contribution in [3.8, 4) is 0 Å². The first kappa shape index (κ1) is 30.7. The number of unbranched alkanes of at least 4 members (excludes halogenated alkanes) is 3. The summed E-state index contributed by atoms with van der Waals surface area (Å²) in [5.74, 6) is 0.337. The predicted octanol–water partition coefficient (Wildman–Crippen LogP) is 5.20. The normalized spacial score (nSPS) is 16.5. The molecule has 0 aliphatic rings. The molecule has 0 saturated heterocycles. The molecule has 0 heterocycles. The maximum absolute atomic E-state index is 11.7. The Kier molecular flexibility index (Phi) is 20.1. The quantitative estimate of drug-likeness (QED) is 0.142. The van der Waals surface area contributed by atoms with Crippen molar-refractivity contribution in [2.24, 2.45) is 5.92 Å². The Morgan fingerprint density at radius 3 is 2.06 bits per heavy atom. The lowest BCUT2D eigenvalue weighted by Gasteiger charge is -2.37. The average Bonchev–Trinajstić information content (AvgIpc) is 2.71. The Morgan fingerprint density at radius 1 is 0.935 bits per heavy atom. The van der Waals surface area contributed by atoms with Crippen LogP contribution in [0.25, 0.3) is 0 Å². The highest BCUT2D eigenvalue weighted by Crippen LogP contribution is 2.27. The molecule has 1 N–H and O–H groups in total. The highest BCUT2D eigenvalue weighted by molar-refractivity contribution is 7.99. The molecule has 0 spiro atoms. The summed E-state index contributed by atoms with van der Waals surface area (Å²) in [5, 5.41) is 10.5. The van der Waals surface area contributed by atoms with E-state index >= 15 is 0 Å². The summed E-state index contributed by atoms with van der Waals surface area (Å²) in [4.78, 5) is 11.7. The molecule has 6 nitrogen and oxygen atoms in total. The van der Waals surface area contributed by atoms with E-state index in [4.69, 9.17) is 18.9 Å². The first-order valence-corrected chi connectivity index (χ1v) is 13.2.